The lowest BCUT2D eigenvalue weighted by atomic mass is 10.1. The molecule has 0 aliphatic rings. The maximum Gasteiger partial charge on any atom is 0.270 e. The van der Waals surface area contributed by atoms with Gasteiger partial charge < -0.3 is 4.90 Å². The second-order valence-corrected chi connectivity index (χ2v) is 6.01. The van der Waals surface area contributed by atoms with E-state index in [1.54, 1.807) is 18.2 Å². The first-order valence-corrected chi connectivity index (χ1v) is 7.91. The zero-order chi connectivity index (χ0) is 18.8. The van der Waals surface area contributed by atoms with Crippen molar-refractivity contribution in [3.63, 3.8) is 0 Å². The molecule has 132 valence electrons. The molecule has 0 radical (unpaired) electrons. The Labute approximate surface area is 152 Å². The van der Waals surface area contributed by atoms with E-state index in [1.807, 2.05) is 0 Å². The van der Waals surface area contributed by atoms with E-state index in [0.717, 1.165) is 0 Å². The maximum atomic E-state index is 12.6. The predicted octanol–water partition coefficient (Wildman–Crippen LogP) is 2.53. The Morgan fingerprint density at radius 2 is 2.12 bits per heavy atom. The van der Waals surface area contributed by atoms with Gasteiger partial charge in [0.25, 0.3) is 17.2 Å². The lowest BCUT2D eigenvalue weighted by molar-refractivity contribution is -0.384. The summed E-state index contributed by atoms with van der Waals surface area (Å²) >= 11 is 6.07. The van der Waals surface area contributed by atoms with Gasteiger partial charge >= 0.3 is 0 Å². The topological polar surface area (TPSA) is 97.8 Å². The number of fused-ring (bicyclic) bond motifs is 1. The van der Waals surface area contributed by atoms with E-state index >= 15 is 0 Å². The van der Waals surface area contributed by atoms with Crippen molar-refractivity contribution in [1.29, 1.82) is 0 Å². The Morgan fingerprint density at radius 1 is 1.35 bits per heavy atom. The molecule has 26 heavy (non-hydrogen) atoms. The van der Waals surface area contributed by atoms with Crippen LogP contribution in [0.3, 0.4) is 0 Å². The fourth-order valence-electron chi connectivity index (χ4n) is 2.50. The number of non-ortho nitro benzene ring substituents is 1. The summed E-state index contributed by atoms with van der Waals surface area (Å²) in [6.45, 7) is 0.0102. The summed E-state index contributed by atoms with van der Waals surface area (Å²) in [6, 6.07) is 9.05. The van der Waals surface area contributed by atoms with Crippen molar-refractivity contribution in [1.82, 2.24) is 14.3 Å². The van der Waals surface area contributed by atoms with Gasteiger partial charge in [-0.25, -0.2) is 4.98 Å². The molecule has 0 aliphatic carbocycles. The number of amides is 1. The largest absolute Gasteiger partial charge is 0.337 e. The molecule has 1 aromatic carbocycles. The molecule has 2 aromatic heterocycles. The van der Waals surface area contributed by atoms with Crippen LogP contribution in [-0.2, 0) is 6.54 Å². The third-order valence-electron chi connectivity index (χ3n) is 3.84. The molecular formula is C17H13ClN4O4. The first kappa shape index (κ1) is 17.6. The number of hydrogen-bond acceptors (Lipinski definition) is 5. The van der Waals surface area contributed by atoms with E-state index in [9.17, 15) is 19.7 Å². The van der Waals surface area contributed by atoms with Gasteiger partial charge in [-0.3, -0.25) is 24.1 Å². The van der Waals surface area contributed by atoms with E-state index in [-0.39, 0.29) is 17.8 Å². The summed E-state index contributed by atoms with van der Waals surface area (Å²) in [4.78, 5) is 40.9. The van der Waals surface area contributed by atoms with E-state index in [2.05, 4.69) is 4.98 Å². The highest BCUT2D eigenvalue weighted by Crippen LogP contribution is 2.23. The smallest absolute Gasteiger partial charge is 0.270 e. The number of nitrogens with zero attached hydrogens (tertiary/aromatic N) is 4. The summed E-state index contributed by atoms with van der Waals surface area (Å²) in [7, 11) is 1.48. The number of carbonyl (C=O) groups excluding carboxylic acids is 1. The summed E-state index contributed by atoms with van der Waals surface area (Å²) in [5.74, 6) is -0.552. The van der Waals surface area contributed by atoms with Gasteiger partial charge in [-0.05, 0) is 23.8 Å². The van der Waals surface area contributed by atoms with Crippen LogP contribution in [0.1, 0.15) is 15.9 Å². The molecule has 1 amide bonds. The number of pyridine rings is 1. The van der Waals surface area contributed by atoms with Gasteiger partial charge in [0.05, 0.1) is 4.92 Å². The van der Waals surface area contributed by atoms with E-state index in [0.29, 0.717) is 16.2 Å². The number of halogens is 1. The molecule has 0 saturated heterocycles. The van der Waals surface area contributed by atoms with Gasteiger partial charge in [-0.1, -0.05) is 17.7 Å². The van der Waals surface area contributed by atoms with Crippen molar-refractivity contribution >= 4 is 28.8 Å². The number of benzene rings is 1. The van der Waals surface area contributed by atoms with Crippen LogP contribution >= 0.6 is 11.6 Å². The fraction of sp³-hybridized carbons (Fsp3) is 0.118. The minimum Gasteiger partial charge on any atom is -0.337 e. The van der Waals surface area contributed by atoms with E-state index in [4.69, 9.17) is 11.6 Å². The minimum atomic E-state index is -0.552. The first-order valence-electron chi connectivity index (χ1n) is 7.53. The van der Waals surface area contributed by atoms with Crippen molar-refractivity contribution in [3.05, 3.63) is 85.4 Å². The molecule has 0 bridgehead atoms. The van der Waals surface area contributed by atoms with Crippen LogP contribution in [0.2, 0.25) is 5.02 Å². The number of nitro groups is 1. The average Bonchev–Trinajstić information content (AvgIpc) is 2.63. The van der Waals surface area contributed by atoms with E-state index in [1.165, 1.54) is 46.9 Å². The molecule has 2 heterocycles. The van der Waals surface area contributed by atoms with Crippen LogP contribution in [0.5, 0.6) is 0 Å². The Kier molecular flexibility index (Phi) is 4.68. The monoisotopic (exact) mass is 372 g/mol. The number of carbonyl (C=O) groups is 1. The molecule has 3 rings (SSSR count). The average molecular weight is 373 g/mol. The number of hydrogen-bond donors (Lipinski definition) is 0. The molecular weight excluding hydrogens is 360 g/mol. The van der Waals surface area contributed by atoms with Gasteiger partial charge in [0, 0.05) is 43.1 Å². The zero-order valence-electron chi connectivity index (χ0n) is 13.6. The Morgan fingerprint density at radius 3 is 2.85 bits per heavy atom. The van der Waals surface area contributed by atoms with Crippen molar-refractivity contribution in [3.8, 4) is 0 Å². The maximum absolute atomic E-state index is 12.6. The highest BCUT2D eigenvalue weighted by Gasteiger charge is 2.19. The molecule has 8 nitrogen and oxygen atoms in total. The first-order chi connectivity index (χ1) is 12.4. The highest BCUT2D eigenvalue weighted by molar-refractivity contribution is 6.31. The quantitative estimate of drug-likeness (QED) is 0.517. The van der Waals surface area contributed by atoms with Crippen molar-refractivity contribution in [2.24, 2.45) is 0 Å². The highest BCUT2D eigenvalue weighted by atomic mass is 35.5. The second kappa shape index (κ2) is 6.93. The molecule has 9 heteroatoms. The Bertz CT molecular complexity index is 1080. The molecule has 0 atom stereocenters. The molecule has 0 spiro atoms. The molecule has 0 saturated carbocycles. The van der Waals surface area contributed by atoms with Gasteiger partial charge in [0.15, 0.2) is 0 Å². The number of nitro benzene ring substituents is 1. The van der Waals surface area contributed by atoms with Crippen LogP contribution in [0.4, 0.5) is 5.69 Å². The van der Waals surface area contributed by atoms with Gasteiger partial charge in [0.2, 0.25) is 0 Å². The van der Waals surface area contributed by atoms with Crippen molar-refractivity contribution < 1.29 is 9.72 Å². The summed E-state index contributed by atoms with van der Waals surface area (Å²) < 4.78 is 1.28. The Balaban J connectivity index is 1.92. The van der Waals surface area contributed by atoms with Crippen molar-refractivity contribution in [2.45, 2.75) is 6.54 Å². The summed E-state index contributed by atoms with van der Waals surface area (Å²) in [5, 5.41) is 11.2. The van der Waals surface area contributed by atoms with Crippen molar-refractivity contribution in [2.75, 3.05) is 7.05 Å². The van der Waals surface area contributed by atoms with Crippen LogP contribution < -0.4 is 5.56 Å². The second-order valence-electron chi connectivity index (χ2n) is 5.60. The van der Waals surface area contributed by atoms with Crippen LogP contribution in [0, 0.1) is 10.1 Å². The normalized spacial score (nSPS) is 10.7. The molecule has 0 unspecified atom stereocenters. The van der Waals surface area contributed by atoms with E-state index < -0.39 is 16.4 Å². The number of aromatic nitrogens is 2. The number of rotatable bonds is 4. The summed E-state index contributed by atoms with van der Waals surface area (Å²) in [6.07, 6.45) is 2.75. The van der Waals surface area contributed by atoms with Crippen LogP contribution in [-0.4, -0.2) is 32.2 Å². The third-order valence-corrected chi connectivity index (χ3v) is 4.21. The van der Waals surface area contributed by atoms with Gasteiger partial charge in [-0.2, -0.15) is 0 Å². The van der Waals surface area contributed by atoms with Gasteiger partial charge in [-0.15, -0.1) is 0 Å². The fourth-order valence-corrected chi connectivity index (χ4v) is 2.68. The molecule has 0 fully saturated rings. The molecule has 0 aliphatic heterocycles. The predicted molar refractivity (Wildman–Crippen MR) is 95.4 cm³/mol. The summed E-state index contributed by atoms with van der Waals surface area (Å²) in [5.41, 5.74) is 0.122. The lowest BCUT2D eigenvalue weighted by Crippen LogP contribution is -2.33. The standard InChI is InChI=1S/C17H13ClN4O4/c1-20(10-11-8-12(22(25)26)5-6-14(11)18)16(23)13-9-19-15-4-2-3-7-21(15)17(13)24/h2-9H,10H2,1H3. The Hall–Kier alpha value is -3.26. The zero-order valence-corrected chi connectivity index (χ0v) is 14.4. The lowest BCUT2D eigenvalue weighted by Gasteiger charge is -2.17. The minimum absolute atomic E-state index is 0.0102. The van der Waals surface area contributed by atoms with Crippen LogP contribution in [0.15, 0.2) is 53.6 Å². The van der Waals surface area contributed by atoms with Gasteiger partial charge in [0.1, 0.15) is 11.2 Å². The van der Waals surface area contributed by atoms with Crippen LogP contribution in [0.25, 0.3) is 5.65 Å². The third kappa shape index (κ3) is 3.27. The molecule has 0 N–H and O–H groups in total. The molecule has 3 aromatic rings. The SMILES string of the molecule is CN(Cc1cc([N+](=O)[O-])ccc1Cl)C(=O)c1cnc2ccccn2c1=O.